The van der Waals surface area contributed by atoms with Gasteiger partial charge in [-0.15, -0.1) is 35.7 Å². The molecule has 3 N–H and O–H groups in total. The smallest absolute Gasteiger partial charge is 0.243 e. The maximum absolute atomic E-state index is 11.9. The lowest BCUT2D eigenvalue weighted by atomic mass is 10.3. The Morgan fingerprint density at radius 1 is 1.08 bits per heavy atom. The number of benzene rings is 2. The Kier molecular flexibility index (Phi) is 11.1. The number of nitrogens with zero attached hydrogens (tertiary/aromatic N) is 1. The van der Waals surface area contributed by atoms with Crippen molar-refractivity contribution in [1.29, 1.82) is 0 Å². The van der Waals surface area contributed by atoms with Gasteiger partial charge in [-0.1, -0.05) is 29.8 Å². The molecule has 1 amide bonds. The maximum atomic E-state index is 11.9. The van der Waals surface area contributed by atoms with Gasteiger partial charge < -0.3 is 16.0 Å². The molecule has 0 aliphatic carbocycles. The van der Waals surface area contributed by atoms with Gasteiger partial charge in [-0.25, -0.2) is 0 Å². The fourth-order valence-electron chi connectivity index (χ4n) is 1.98. The third-order valence-electron chi connectivity index (χ3n) is 3.17. The molecule has 140 valence electrons. The lowest BCUT2D eigenvalue weighted by Gasteiger charge is -2.12. The molecule has 2 aromatic carbocycles. The number of anilines is 1. The summed E-state index contributed by atoms with van der Waals surface area (Å²) in [4.78, 5) is 17.2. The van der Waals surface area contributed by atoms with Crippen molar-refractivity contribution in [1.82, 2.24) is 10.6 Å². The van der Waals surface area contributed by atoms with Crippen LogP contribution >= 0.6 is 47.3 Å². The summed E-state index contributed by atoms with van der Waals surface area (Å²) < 4.78 is 0. The molecular weight excluding hydrogens is 483 g/mol. The largest absolute Gasteiger partial charge is 0.356 e. The lowest BCUT2D eigenvalue weighted by Crippen LogP contribution is -2.42. The van der Waals surface area contributed by atoms with E-state index in [0.717, 1.165) is 27.9 Å². The van der Waals surface area contributed by atoms with E-state index in [1.165, 1.54) is 0 Å². The second kappa shape index (κ2) is 12.8. The van der Waals surface area contributed by atoms with E-state index < -0.39 is 0 Å². The van der Waals surface area contributed by atoms with Crippen LogP contribution in [0.2, 0.25) is 5.02 Å². The van der Waals surface area contributed by atoms with Crippen LogP contribution in [0, 0.1) is 0 Å². The monoisotopic (exact) mass is 504 g/mol. The van der Waals surface area contributed by atoms with E-state index in [-0.39, 0.29) is 36.4 Å². The van der Waals surface area contributed by atoms with Crippen molar-refractivity contribution < 1.29 is 4.79 Å². The first-order valence-corrected chi connectivity index (χ1v) is 9.21. The van der Waals surface area contributed by atoms with Crippen LogP contribution in [0.25, 0.3) is 0 Å². The highest BCUT2D eigenvalue weighted by Gasteiger charge is 2.04. The Balaban J connectivity index is 0.00000338. The second-order valence-corrected chi connectivity index (χ2v) is 6.67. The van der Waals surface area contributed by atoms with E-state index >= 15 is 0 Å². The number of hydrogen-bond acceptors (Lipinski definition) is 3. The van der Waals surface area contributed by atoms with Crippen LogP contribution in [-0.4, -0.2) is 37.8 Å². The highest BCUT2D eigenvalue weighted by Crippen LogP contribution is 2.19. The van der Waals surface area contributed by atoms with Crippen molar-refractivity contribution in [3.05, 3.63) is 59.6 Å². The van der Waals surface area contributed by atoms with Gasteiger partial charge in [0.25, 0.3) is 0 Å². The summed E-state index contributed by atoms with van der Waals surface area (Å²) >= 11 is 7.59. The van der Waals surface area contributed by atoms with Gasteiger partial charge in [0, 0.05) is 35.0 Å². The van der Waals surface area contributed by atoms with Gasteiger partial charge in [-0.3, -0.25) is 9.79 Å². The minimum absolute atomic E-state index is 0. The number of nitrogens with one attached hydrogen (secondary N) is 3. The first kappa shape index (κ1) is 22.6. The molecule has 2 rings (SSSR count). The predicted molar refractivity (Wildman–Crippen MR) is 122 cm³/mol. The fraction of sp³-hybridized carbons (Fsp3) is 0.222. The first-order valence-electron chi connectivity index (χ1n) is 7.85. The molecule has 0 atom stereocenters. The van der Waals surface area contributed by atoms with Crippen LogP contribution in [0.5, 0.6) is 0 Å². The predicted octanol–water partition coefficient (Wildman–Crippen LogP) is 3.85. The van der Waals surface area contributed by atoms with Crippen molar-refractivity contribution in [2.45, 2.75) is 4.90 Å². The van der Waals surface area contributed by atoms with E-state index in [9.17, 15) is 4.79 Å². The van der Waals surface area contributed by atoms with Crippen LogP contribution < -0.4 is 16.0 Å². The molecule has 26 heavy (non-hydrogen) atoms. The molecule has 2 aromatic rings. The Hall–Kier alpha value is -1.45. The van der Waals surface area contributed by atoms with E-state index in [4.69, 9.17) is 11.6 Å². The van der Waals surface area contributed by atoms with Gasteiger partial charge in [-0.05, 0) is 36.4 Å². The average molecular weight is 505 g/mol. The van der Waals surface area contributed by atoms with Gasteiger partial charge >= 0.3 is 0 Å². The summed E-state index contributed by atoms with van der Waals surface area (Å²) in [6.07, 6.45) is 0. The van der Waals surface area contributed by atoms with Gasteiger partial charge in [0.2, 0.25) is 5.91 Å². The average Bonchev–Trinajstić information content (AvgIpc) is 2.63. The third kappa shape index (κ3) is 8.77. The number of halogens is 2. The number of amides is 1. The number of para-hydroxylation sites is 1. The van der Waals surface area contributed by atoms with E-state index in [2.05, 4.69) is 20.9 Å². The van der Waals surface area contributed by atoms with Crippen molar-refractivity contribution in [2.75, 3.05) is 31.2 Å². The van der Waals surface area contributed by atoms with Gasteiger partial charge in [0.1, 0.15) is 0 Å². The number of carbonyl (C=O) groups excluding carboxylic acids is 1. The van der Waals surface area contributed by atoms with Crippen LogP contribution in [-0.2, 0) is 4.79 Å². The number of aliphatic imine (C=N–C) groups is 1. The standard InChI is InChI=1S/C18H21ClN4OS.HI/c1-20-18(21-11-12-25-16-9-7-14(19)8-10-16)22-13-17(24)23-15-5-3-2-4-6-15;/h2-10H,11-13H2,1H3,(H,23,24)(H2,20,21,22);1H. The van der Waals surface area contributed by atoms with Crippen molar-refractivity contribution in [3.63, 3.8) is 0 Å². The highest BCUT2D eigenvalue weighted by atomic mass is 127. The summed E-state index contributed by atoms with van der Waals surface area (Å²) in [7, 11) is 1.68. The topological polar surface area (TPSA) is 65.5 Å². The lowest BCUT2D eigenvalue weighted by molar-refractivity contribution is -0.115. The molecule has 0 aliphatic heterocycles. The Labute approximate surface area is 180 Å². The van der Waals surface area contributed by atoms with Crippen molar-refractivity contribution >= 4 is 64.9 Å². The molecule has 0 radical (unpaired) electrons. The van der Waals surface area contributed by atoms with Crippen molar-refractivity contribution in [3.8, 4) is 0 Å². The minimum Gasteiger partial charge on any atom is -0.356 e. The second-order valence-electron chi connectivity index (χ2n) is 5.07. The third-order valence-corrected chi connectivity index (χ3v) is 4.44. The quantitative estimate of drug-likeness (QED) is 0.176. The van der Waals surface area contributed by atoms with Gasteiger partial charge in [0.05, 0.1) is 6.54 Å². The molecule has 8 heteroatoms. The molecule has 0 saturated carbocycles. The summed E-state index contributed by atoms with van der Waals surface area (Å²) in [6.45, 7) is 0.881. The van der Waals surface area contributed by atoms with Crippen LogP contribution in [0.4, 0.5) is 5.69 Å². The molecular formula is C18H22ClIN4OS. The Bertz CT molecular complexity index is 698. The Morgan fingerprint density at radius 2 is 1.77 bits per heavy atom. The van der Waals surface area contributed by atoms with E-state index in [1.54, 1.807) is 18.8 Å². The maximum Gasteiger partial charge on any atom is 0.243 e. The van der Waals surface area contributed by atoms with E-state index in [1.807, 2.05) is 54.6 Å². The molecule has 0 fully saturated rings. The number of hydrogen-bond donors (Lipinski definition) is 3. The summed E-state index contributed by atoms with van der Waals surface area (Å²) in [6, 6.07) is 17.1. The highest BCUT2D eigenvalue weighted by molar-refractivity contribution is 14.0. The molecule has 0 spiro atoms. The molecule has 0 heterocycles. The zero-order valence-electron chi connectivity index (χ0n) is 14.4. The molecule has 0 saturated heterocycles. The van der Waals surface area contributed by atoms with Crippen molar-refractivity contribution in [2.24, 2.45) is 4.99 Å². The fourth-order valence-corrected chi connectivity index (χ4v) is 2.87. The van der Waals surface area contributed by atoms with Crippen LogP contribution in [0.3, 0.4) is 0 Å². The molecule has 0 aromatic heterocycles. The molecule has 5 nitrogen and oxygen atoms in total. The number of rotatable bonds is 7. The zero-order chi connectivity index (χ0) is 17.9. The molecule has 0 bridgehead atoms. The number of carbonyl (C=O) groups is 1. The van der Waals surface area contributed by atoms with Crippen LogP contribution in [0.15, 0.2) is 64.5 Å². The van der Waals surface area contributed by atoms with Gasteiger partial charge in [0.15, 0.2) is 5.96 Å². The normalized spacial score (nSPS) is 10.6. The zero-order valence-corrected chi connectivity index (χ0v) is 18.3. The summed E-state index contributed by atoms with van der Waals surface area (Å²) in [5, 5.41) is 9.73. The number of thioether (sulfide) groups is 1. The number of guanidine groups is 1. The Morgan fingerprint density at radius 3 is 2.42 bits per heavy atom. The van der Waals surface area contributed by atoms with Gasteiger partial charge in [-0.2, -0.15) is 0 Å². The SMILES string of the molecule is CN=C(NCCSc1ccc(Cl)cc1)NCC(=O)Nc1ccccc1.I. The summed E-state index contributed by atoms with van der Waals surface area (Å²) in [5.41, 5.74) is 0.775. The molecule has 0 unspecified atom stereocenters. The first-order chi connectivity index (χ1) is 12.2. The molecule has 0 aliphatic rings. The summed E-state index contributed by atoms with van der Waals surface area (Å²) in [5.74, 6) is 1.35. The minimum atomic E-state index is -0.121. The van der Waals surface area contributed by atoms with E-state index in [0.29, 0.717) is 5.96 Å². The van der Waals surface area contributed by atoms with Crippen LogP contribution in [0.1, 0.15) is 0 Å².